The van der Waals surface area contributed by atoms with Crippen molar-refractivity contribution in [1.29, 1.82) is 0 Å². The van der Waals surface area contributed by atoms with Crippen molar-refractivity contribution in [2.45, 2.75) is 32.7 Å². The first-order valence-corrected chi connectivity index (χ1v) is 8.28. The van der Waals surface area contributed by atoms with Crippen LogP contribution >= 0.6 is 0 Å². The van der Waals surface area contributed by atoms with Crippen LogP contribution in [0.15, 0.2) is 30.3 Å². The van der Waals surface area contributed by atoms with E-state index in [4.69, 9.17) is 0 Å². The van der Waals surface area contributed by atoms with Crippen molar-refractivity contribution in [3.05, 3.63) is 30.3 Å². The van der Waals surface area contributed by atoms with Gasteiger partial charge in [0.05, 0.1) is 11.9 Å². The van der Waals surface area contributed by atoms with Gasteiger partial charge in [-0.05, 0) is 32.9 Å². The molecule has 0 fully saturated rings. The van der Waals surface area contributed by atoms with Crippen LogP contribution in [0.5, 0.6) is 0 Å². The van der Waals surface area contributed by atoms with Crippen molar-refractivity contribution in [1.82, 2.24) is 5.32 Å². The van der Waals surface area contributed by atoms with Crippen LogP contribution in [0, 0.1) is 0 Å². The van der Waals surface area contributed by atoms with Gasteiger partial charge in [0.2, 0.25) is 15.9 Å². The Morgan fingerprint density at radius 1 is 1.20 bits per heavy atom. The number of para-hydroxylation sites is 1. The predicted octanol–water partition coefficient (Wildman–Crippen LogP) is 1.76. The Bertz CT molecular complexity index is 548. The van der Waals surface area contributed by atoms with E-state index >= 15 is 0 Å². The molecule has 0 aromatic heterocycles. The summed E-state index contributed by atoms with van der Waals surface area (Å²) in [4.78, 5) is 11.8. The third-order valence-electron chi connectivity index (χ3n) is 2.50. The molecule has 0 saturated carbocycles. The van der Waals surface area contributed by atoms with E-state index < -0.39 is 10.0 Å². The molecule has 0 aliphatic carbocycles. The van der Waals surface area contributed by atoms with Gasteiger partial charge < -0.3 is 5.32 Å². The Kier molecular flexibility index (Phi) is 5.16. The van der Waals surface area contributed by atoms with Crippen molar-refractivity contribution in [3.8, 4) is 0 Å². The second kappa shape index (κ2) is 6.26. The zero-order valence-electron chi connectivity index (χ0n) is 12.4. The van der Waals surface area contributed by atoms with Gasteiger partial charge in [0.1, 0.15) is 0 Å². The van der Waals surface area contributed by atoms with Gasteiger partial charge in [0.15, 0.2) is 0 Å². The molecule has 0 spiro atoms. The molecule has 0 aliphatic rings. The smallest absolute Gasteiger partial charge is 0.232 e. The van der Waals surface area contributed by atoms with Crippen molar-refractivity contribution >= 4 is 21.6 Å². The molecule has 6 heteroatoms. The van der Waals surface area contributed by atoms with Gasteiger partial charge >= 0.3 is 0 Å². The first-order chi connectivity index (χ1) is 9.09. The lowest BCUT2D eigenvalue weighted by molar-refractivity contribution is -0.122. The third kappa shape index (κ3) is 5.61. The topological polar surface area (TPSA) is 66.5 Å². The third-order valence-corrected chi connectivity index (χ3v) is 3.69. The van der Waals surface area contributed by atoms with E-state index in [1.54, 1.807) is 24.3 Å². The summed E-state index contributed by atoms with van der Waals surface area (Å²) in [5, 5.41) is 2.82. The van der Waals surface area contributed by atoms with Crippen LogP contribution in [0.25, 0.3) is 0 Å². The minimum Gasteiger partial charge on any atom is -0.351 e. The average Bonchev–Trinajstić information content (AvgIpc) is 2.26. The number of sulfonamides is 1. The monoisotopic (exact) mass is 298 g/mol. The first-order valence-electron chi connectivity index (χ1n) is 6.43. The highest BCUT2D eigenvalue weighted by Gasteiger charge is 2.20. The summed E-state index contributed by atoms with van der Waals surface area (Å²) < 4.78 is 24.9. The van der Waals surface area contributed by atoms with E-state index in [0.29, 0.717) is 5.69 Å². The van der Waals surface area contributed by atoms with Gasteiger partial charge in [-0.2, -0.15) is 0 Å². The fraction of sp³-hybridized carbons (Fsp3) is 0.500. The number of rotatable bonds is 5. The molecule has 0 radical (unpaired) electrons. The molecule has 1 rings (SSSR count). The van der Waals surface area contributed by atoms with Crippen LogP contribution in [0.3, 0.4) is 0 Å². The number of nitrogens with one attached hydrogen (secondary N) is 1. The molecule has 5 nitrogen and oxygen atoms in total. The van der Waals surface area contributed by atoms with Crippen molar-refractivity contribution in [2.24, 2.45) is 0 Å². The Labute approximate surface area is 121 Å². The minimum absolute atomic E-state index is 0.124. The first kappa shape index (κ1) is 16.5. The van der Waals surface area contributed by atoms with Gasteiger partial charge in [-0.25, -0.2) is 8.42 Å². The molecule has 0 heterocycles. The normalized spacial score (nSPS) is 12.0. The lowest BCUT2D eigenvalue weighted by Gasteiger charge is -2.24. The summed E-state index contributed by atoms with van der Waals surface area (Å²) >= 11 is 0. The molecule has 0 bridgehead atoms. The Hall–Kier alpha value is -1.56. The second-order valence-corrected chi connectivity index (χ2v) is 7.63. The van der Waals surface area contributed by atoms with E-state index in [1.807, 2.05) is 26.8 Å². The molecule has 1 N–H and O–H groups in total. The highest BCUT2D eigenvalue weighted by Crippen LogP contribution is 2.17. The number of nitrogens with zero attached hydrogens (tertiary/aromatic N) is 1. The number of benzene rings is 1. The molecule has 0 atom stereocenters. The molecule has 112 valence electrons. The maximum Gasteiger partial charge on any atom is 0.232 e. The number of hydrogen-bond acceptors (Lipinski definition) is 3. The Morgan fingerprint density at radius 2 is 1.75 bits per heavy atom. The molecular formula is C14H22N2O3S. The summed E-state index contributed by atoms with van der Waals surface area (Å²) in [6, 6.07) is 8.77. The minimum atomic E-state index is -3.40. The predicted molar refractivity (Wildman–Crippen MR) is 81.1 cm³/mol. The number of amides is 1. The van der Waals surface area contributed by atoms with Crippen LogP contribution in [-0.2, 0) is 14.8 Å². The van der Waals surface area contributed by atoms with E-state index in [1.165, 1.54) is 4.31 Å². The van der Waals surface area contributed by atoms with Gasteiger partial charge in [-0.15, -0.1) is 0 Å². The second-order valence-electron chi connectivity index (χ2n) is 5.72. The number of hydrogen-bond donors (Lipinski definition) is 1. The van der Waals surface area contributed by atoms with Gasteiger partial charge in [-0.3, -0.25) is 9.10 Å². The zero-order valence-corrected chi connectivity index (χ0v) is 13.2. The zero-order chi connectivity index (χ0) is 15.4. The summed E-state index contributed by atoms with van der Waals surface area (Å²) in [5.74, 6) is -0.165. The lowest BCUT2D eigenvalue weighted by atomic mass is 10.1. The highest BCUT2D eigenvalue weighted by molar-refractivity contribution is 7.92. The maximum absolute atomic E-state index is 11.8. The SMILES string of the molecule is CC(C)(C)NC(=O)CCN(c1ccccc1)S(C)(=O)=O. The van der Waals surface area contributed by atoms with Gasteiger partial charge in [0, 0.05) is 18.5 Å². The van der Waals surface area contributed by atoms with Crippen LogP contribution in [0.4, 0.5) is 5.69 Å². The summed E-state index contributed by atoms with van der Waals surface area (Å²) in [6.07, 6.45) is 1.26. The molecule has 0 unspecified atom stereocenters. The Morgan fingerprint density at radius 3 is 2.20 bits per heavy atom. The van der Waals surface area contributed by atoms with E-state index in [2.05, 4.69) is 5.32 Å². The van der Waals surface area contributed by atoms with Crippen molar-refractivity contribution < 1.29 is 13.2 Å². The maximum atomic E-state index is 11.8. The fourth-order valence-electron chi connectivity index (χ4n) is 1.76. The van der Waals surface area contributed by atoms with Crippen LogP contribution in [-0.4, -0.2) is 32.7 Å². The lowest BCUT2D eigenvalue weighted by Crippen LogP contribution is -2.42. The largest absolute Gasteiger partial charge is 0.351 e. The van der Waals surface area contributed by atoms with E-state index in [0.717, 1.165) is 6.26 Å². The molecular weight excluding hydrogens is 276 g/mol. The summed E-state index contributed by atoms with van der Waals surface area (Å²) in [6.45, 7) is 5.79. The summed E-state index contributed by atoms with van der Waals surface area (Å²) in [7, 11) is -3.40. The van der Waals surface area contributed by atoms with Crippen molar-refractivity contribution in [3.63, 3.8) is 0 Å². The summed E-state index contributed by atoms with van der Waals surface area (Å²) in [5.41, 5.74) is 0.248. The molecule has 20 heavy (non-hydrogen) atoms. The molecule has 1 aromatic rings. The van der Waals surface area contributed by atoms with E-state index in [-0.39, 0.29) is 24.4 Å². The highest BCUT2D eigenvalue weighted by atomic mass is 32.2. The molecule has 0 saturated heterocycles. The molecule has 1 aromatic carbocycles. The molecule has 0 aliphatic heterocycles. The molecule has 1 amide bonds. The number of anilines is 1. The van der Waals surface area contributed by atoms with E-state index in [9.17, 15) is 13.2 Å². The standard InChI is InChI=1S/C14H22N2O3S/c1-14(2,3)15-13(17)10-11-16(20(4,18)19)12-8-6-5-7-9-12/h5-9H,10-11H2,1-4H3,(H,15,17). The number of carbonyl (C=O) groups excluding carboxylic acids is 1. The number of carbonyl (C=O) groups is 1. The van der Waals surface area contributed by atoms with Gasteiger partial charge in [0.25, 0.3) is 0 Å². The quantitative estimate of drug-likeness (QED) is 0.900. The Balaban J connectivity index is 2.77. The average molecular weight is 298 g/mol. The van der Waals surface area contributed by atoms with Gasteiger partial charge in [-0.1, -0.05) is 18.2 Å². The van der Waals surface area contributed by atoms with Crippen LogP contribution < -0.4 is 9.62 Å². The van der Waals surface area contributed by atoms with Crippen LogP contribution in [0.2, 0.25) is 0 Å². The van der Waals surface area contributed by atoms with Crippen LogP contribution in [0.1, 0.15) is 27.2 Å². The van der Waals surface area contributed by atoms with Crippen molar-refractivity contribution in [2.75, 3.05) is 17.1 Å². The fourth-order valence-corrected chi connectivity index (χ4v) is 2.69.